The smallest absolute Gasteiger partial charge is 0.0815 e. The highest BCUT2D eigenvalue weighted by atomic mass is 32.2. The van der Waals surface area contributed by atoms with Gasteiger partial charge in [0, 0.05) is 22.2 Å². The van der Waals surface area contributed by atoms with Crippen LogP contribution in [0.3, 0.4) is 0 Å². The quantitative estimate of drug-likeness (QED) is 0.664. The minimum Gasteiger partial charge on any atom is -0.201 e. The van der Waals surface area contributed by atoms with E-state index in [4.69, 9.17) is 0 Å². The lowest BCUT2D eigenvalue weighted by molar-refractivity contribution is 1.04. The maximum atomic E-state index is 4.37. The Morgan fingerprint density at radius 2 is 1.62 bits per heavy atom. The molecule has 78 valence electrons. The van der Waals surface area contributed by atoms with E-state index in [2.05, 4.69) is 29.4 Å². The number of fused-ring (bicyclic) bond motifs is 1. The first-order valence-electron chi connectivity index (χ1n) is 5.10. The average Bonchev–Trinajstić information content (AvgIpc) is 2.74. The minimum absolute atomic E-state index is 1.15. The van der Waals surface area contributed by atoms with E-state index in [1.54, 1.807) is 11.9 Å². The second-order valence-corrected chi connectivity index (χ2v) is 4.48. The molecule has 3 heteroatoms. The van der Waals surface area contributed by atoms with E-state index in [-0.39, 0.29) is 0 Å². The van der Waals surface area contributed by atoms with Crippen LogP contribution < -0.4 is 0 Å². The van der Waals surface area contributed by atoms with Crippen molar-refractivity contribution in [2.24, 2.45) is 0 Å². The number of aromatic nitrogens is 2. The van der Waals surface area contributed by atoms with Crippen molar-refractivity contribution in [1.82, 2.24) is 9.19 Å². The van der Waals surface area contributed by atoms with Crippen molar-refractivity contribution in [3.63, 3.8) is 0 Å². The lowest BCUT2D eigenvalue weighted by atomic mass is 10.3. The summed E-state index contributed by atoms with van der Waals surface area (Å²) in [4.78, 5) is 1.19. The molecule has 1 heterocycles. The van der Waals surface area contributed by atoms with Gasteiger partial charge in [0.2, 0.25) is 0 Å². The summed E-state index contributed by atoms with van der Waals surface area (Å²) in [6, 6.07) is 18.5. The van der Waals surface area contributed by atoms with Crippen LogP contribution in [0.15, 0.2) is 65.7 Å². The fraction of sp³-hybridized carbons (Fsp3) is 0. The van der Waals surface area contributed by atoms with Crippen LogP contribution in [0, 0.1) is 0 Å². The highest BCUT2D eigenvalue weighted by Crippen LogP contribution is 2.24. The molecule has 0 amide bonds. The fourth-order valence-electron chi connectivity index (χ4n) is 1.60. The van der Waals surface area contributed by atoms with E-state index in [1.807, 2.05) is 40.6 Å². The summed E-state index contributed by atoms with van der Waals surface area (Å²) < 4.78 is 1.95. The topological polar surface area (TPSA) is 17.8 Å². The summed E-state index contributed by atoms with van der Waals surface area (Å²) in [6.07, 6.45) is 1.89. The van der Waals surface area contributed by atoms with Crippen molar-refractivity contribution in [3.8, 4) is 0 Å². The van der Waals surface area contributed by atoms with Gasteiger partial charge in [-0.3, -0.25) is 0 Å². The van der Waals surface area contributed by atoms with Crippen molar-refractivity contribution in [2.45, 2.75) is 4.90 Å². The highest BCUT2D eigenvalue weighted by molar-refractivity contribution is 7.97. The molecule has 0 atom stereocenters. The first-order chi connectivity index (χ1) is 7.93. The van der Waals surface area contributed by atoms with Gasteiger partial charge in [0.15, 0.2) is 0 Å². The Balaban J connectivity index is 2.01. The molecule has 2 aromatic carbocycles. The van der Waals surface area contributed by atoms with Gasteiger partial charge in [-0.05, 0) is 18.2 Å². The van der Waals surface area contributed by atoms with Gasteiger partial charge in [-0.15, -0.1) is 0 Å². The Morgan fingerprint density at radius 1 is 0.875 bits per heavy atom. The van der Waals surface area contributed by atoms with Gasteiger partial charge in [0.05, 0.1) is 11.7 Å². The van der Waals surface area contributed by atoms with E-state index in [9.17, 15) is 0 Å². The molecule has 0 saturated heterocycles. The predicted molar refractivity (Wildman–Crippen MR) is 67.4 cm³/mol. The van der Waals surface area contributed by atoms with Crippen LogP contribution in [0.5, 0.6) is 0 Å². The number of rotatable bonds is 2. The molecule has 0 aliphatic carbocycles. The Bertz CT molecular complexity index is 601. The molecule has 3 rings (SSSR count). The molecular weight excluding hydrogens is 216 g/mol. The molecular formula is C13H10N2S. The monoisotopic (exact) mass is 226 g/mol. The largest absolute Gasteiger partial charge is 0.201 e. The molecule has 0 bridgehead atoms. The summed E-state index contributed by atoms with van der Waals surface area (Å²) in [6.45, 7) is 0. The Morgan fingerprint density at radius 3 is 2.50 bits per heavy atom. The second kappa shape index (κ2) is 4.02. The molecule has 0 radical (unpaired) electrons. The van der Waals surface area contributed by atoms with Crippen molar-refractivity contribution >= 4 is 22.9 Å². The Hall–Kier alpha value is -1.74. The van der Waals surface area contributed by atoms with Gasteiger partial charge in [-0.1, -0.05) is 36.4 Å². The molecule has 3 aromatic rings. The predicted octanol–water partition coefficient (Wildman–Crippen LogP) is 3.59. The summed E-state index contributed by atoms with van der Waals surface area (Å²) >= 11 is 1.63. The standard InChI is InChI=1S/C13H10N2S/c1-2-7-12(8-3-1)16-15-13-9-5-4-6-11(13)10-14-15/h1-10H. The zero-order chi connectivity index (χ0) is 10.8. The van der Waals surface area contributed by atoms with E-state index < -0.39 is 0 Å². The van der Waals surface area contributed by atoms with Crippen LogP contribution in [0.25, 0.3) is 10.9 Å². The van der Waals surface area contributed by atoms with Gasteiger partial charge < -0.3 is 0 Å². The number of para-hydroxylation sites is 1. The van der Waals surface area contributed by atoms with Crippen LogP contribution >= 0.6 is 11.9 Å². The lowest BCUT2D eigenvalue weighted by Gasteiger charge is -2.01. The van der Waals surface area contributed by atoms with Crippen LogP contribution in [-0.4, -0.2) is 9.19 Å². The average molecular weight is 226 g/mol. The molecule has 0 fully saturated rings. The van der Waals surface area contributed by atoms with Crippen LogP contribution in [0.1, 0.15) is 0 Å². The van der Waals surface area contributed by atoms with Gasteiger partial charge >= 0.3 is 0 Å². The van der Waals surface area contributed by atoms with Crippen LogP contribution in [-0.2, 0) is 0 Å². The summed E-state index contributed by atoms with van der Waals surface area (Å²) in [5.74, 6) is 0. The highest BCUT2D eigenvalue weighted by Gasteiger charge is 2.02. The first kappa shape index (κ1) is 9.48. The second-order valence-electron chi connectivity index (χ2n) is 3.48. The van der Waals surface area contributed by atoms with Crippen molar-refractivity contribution in [2.75, 3.05) is 0 Å². The van der Waals surface area contributed by atoms with Crippen molar-refractivity contribution in [3.05, 3.63) is 60.8 Å². The molecule has 0 N–H and O–H groups in total. The number of hydrogen-bond acceptors (Lipinski definition) is 2. The third-order valence-corrected chi connectivity index (χ3v) is 3.33. The maximum Gasteiger partial charge on any atom is 0.0815 e. The number of hydrogen-bond donors (Lipinski definition) is 0. The first-order valence-corrected chi connectivity index (χ1v) is 5.87. The summed E-state index contributed by atoms with van der Waals surface area (Å²) in [5.41, 5.74) is 1.15. The van der Waals surface area contributed by atoms with E-state index in [0.717, 1.165) is 5.52 Å². The Labute approximate surface area is 98.0 Å². The van der Waals surface area contributed by atoms with E-state index in [0.29, 0.717) is 0 Å². The molecule has 2 nitrogen and oxygen atoms in total. The zero-order valence-corrected chi connectivity index (χ0v) is 9.39. The number of benzene rings is 2. The van der Waals surface area contributed by atoms with Crippen LogP contribution in [0.2, 0.25) is 0 Å². The molecule has 16 heavy (non-hydrogen) atoms. The molecule has 0 unspecified atom stereocenters. The third kappa shape index (κ3) is 1.70. The van der Waals surface area contributed by atoms with Gasteiger partial charge in [0.1, 0.15) is 0 Å². The molecule has 0 aliphatic heterocycles. The van der Waals surface area contributed by atoms with Crippen LogP contribution in [0.4, 0.5) is 0 Å². The molecule has 0 spiro atoms. The maximum absolute atomic E-state index is 4.37. The fourth-order valence-corrected chi connectivity index (χ4v) is 2.44. The van der Waals surface area contributed by atoms with Crippen molar-refractivity contribution < 1.29 is 0 Å². The molecule has 0 saturated carbocycles. The van der Waals surface area contributed by atoms with Gasteiger partial charge in [-0.25, -0.2) is 4.09 Å². The lowest BCUT2D eigenvalue weighted by Crippen LogP contribution is -1.87. The van der Waals surface area contributed by atoms with E-state index >= 15 is 0 Å². The SMILES string of the molecule is c1ccc(Sn2ncc3ccccc32)cc1. The van der Waals surface area contributed by atoms with Gasteiger partial charge in [0.25, 0.3) is 0 Å². The Kier molecular flexibility index (Phi) is 2.38. The molecule has 0 aliphatic rings. The van der Waals surface area contributed by atoms with Crippen molar-refractivity contribution in [1.29, 1.82) is 0 Å². The summed E-state index contributed by atoms with van der Waals surface area (Å²) in [5, 5.41) is 5.54. The van der Waals surface area contributed by atoms with E-state index in [1.165, 1.54) is 10.3 Å². The normalized spacial score (nSPS) is 10.8. The third-order valence-electron chi connectivity index (χ3n) is 2.38. The number of nitrogens with zero attached hydrogens (tertiary/aromatic N) is 2. The summed E-state index contributed by atoms with van der Waals surface area (Å²) in [7, 11) is 0. The zero-order valence-electron chi connectivity index (χ0n) is 8.58. The van der Waals surface area contributed by atoms with Gasteiger partial charge in [-0.2, -0.15) is 5.10 Å². The minimum atomic E-state index is 1.15. The molecule has 1 aromatic heterocycles.